The number of aromatic nitrogens is 2. The molecule has 0 fully saturated rings. The van der Waals surface area contributed by atoms with E-state index >= 15 is 0 Å². The molecular formula is C12H10N2OS. The van der Waals surface area contributed by atoms with E-state index in [1.54, 1.807) is 0 Å². The Morgan fingerprint density at radius 2 is 2.12 bits per heavy atom. The van der Waals surface area contributed by atoms with Crippen LogP contribution in [0.1, 0.15) is 5.56 Å². The molecule has 1 aromatic carbocycles. The summed E-state index contributed by atoms with van der Waals surface area (Å²) in [4.78, 5) is 4.24. The van der Waals surface area contributed by atoms with Crippen LogP contribution in [0.3, 0.4) is 0 Å². The first-order valence-corrected chi connectivity index (χ1v) is 5.75. The van der Waals surface area contributed by atoms with E-state index in [1.165, 1.54) is 17.3 Å². The van der Waals surface area contributed by atoms with Gasteiger partial charge in [-0.3, -0.25) is 0 Å². The fourth-order valence-corrected chi connectivity index (χ4v) is 1.64. The van der Waals surface area contributed by atoms with E-state index in [0.717, 1.165) is 5.56 Å². The first-order chi connectivity index (χ1) is 7.79. The summed E-state index contributed by atoms with van der Waals surface area (Å²) >= 11 is 1.36. The van der Waals surface area contributed by atoms with Gasteiger partial charge in [0.1, 0.15) is 0 Å². The fourth-order valence-electron chi connectivity index (χ4n) is 1.19. The molecule has 0 radical (unpaired) electrons. The zero-order valence-corrected chi connectivity index (χ0v) is 9.62. The standard InChI is InChI=1S/C12H10N2OS/c1-3-8-16-12-13-11(14-15-12)10-6-4-9(2)5-7-10/h1,4-7H,8H2,2H3. The third kappa shape index (κ3) is 2.44. The zero-order valence-electron chi connectivity index (χ0n) is 8.80. The van der Waals surface area contributed by atoms with E-state index in [9.17, 15) is 0 Å². The highest BCUT2D eigenvalue weighted by atomic mass is 32.2. The molecule has 3 nitrogen and oxygen atoms in total. The third-order valence-corrected chi connectivity index (χ3v) is 2.72. The second-order valence-electron chi connectivity index (χ2n) is 3.24. The largest absolute Gasteiger partial charge is 0.327 e. The number of hydrogen-bond donors (Lipinski definition) is 0. The minimum Gasteiger partial charge on any atom is -0.327 e. The maximum absolute atomic E-state index is 5.15. The highest BCUT2D eigenvalue weighted by Gasteiger charge is 2.07. The molecule has 16 heavy (non-hydrogen) atoms. The van der Waals surface area contributed by atoms with Crippen molar-refractivity contribution in [2.75, 3.05) is 5.75 Å². The van der Waals surface area contributed by atoms with Gasteiger partial charge in [0.25, 0.3) is 5.22 Å². The van der Waals surface area contributed by atoms with Crippen LogP contribution >= 0.6 is 11.8 Å². The monoisotopic (exact) mass is 230 g/mol. The van der Waals surface area contributed by atoms with Crippen LogP contribution in [0.5, 0.6) is 0 Å². The lowest BCUT2D eigenvalue weighted by Crippen LogP contribution is -1.81. The fraction of sp³-hybridized carbons (Fsp3) is 0.167. The summed E-state index contributed by atoms with van der Waals surface area (Å²) in [6, 6.07) is 7.96. The van der Waals surface area contributed by atoms with Crippen molar-refractivity contribution in [1.29, 1.82) is 0 Å². The molecular weight excluding hydrogens is 220 g/mol. The van der Waals surface area contributed by atoms with Crippen molar-refractivity contribution in [2.45, 2.75) is 12.1 Å². The molecule has 0 atom stereocenters. The van der Waals surface area contributed by atoms with Crippen LogP contribution in [0.2, 0.25) is 0 Å². The lowest BCUT2D eigenvalue weighted by molar-refractivity contribution is 0.341. The van der Waals surface area contributed by atoms with Crippen molar-refractivity contribution in [3.05, 3.63) is 29.8 Å². The minimum atomic E-state index is 0.508. The third-order valence-electron chi connectivity index (χ3n) is 2.00. The summed E-state index contributed by atoms with van der Waals surface area (Å²) in [7, 11) is 0. The SMILES string of the molecule is C#CCSc1nc(-c2ccc(C)cc2)no1. The number of rotatable bonds is 3. The molecule has 0 aliphatic carbocycles. The normalized spacial score (nSPS) is 10.0. The van der Waals surface area contributed by atoms with Crippen LogP contribution in [0.25, 0.3) is 11.4 Å². The van der Waals surface area contributed by atoms with Crippen LogP contribution in [0.4, 0.5) is 0 Å². The van der Waals surface area contributed by atoms with Gasteiger partial charge >= 0.3 is 0 Å². The molecule has 0 aliphatic rings. The van der Waals surface area contributed by atoms with Gasteiger partial charge < -0.3 is 4.52 Å². The molecule has 0 aliphatic heterocycles. The number of nitrogens with zero attached hydrogens (tertiary/aromatic N) is 2. The average Bonchev–Trinajstić information content (AvgIpc) is 2.76. The average molecular weight is 230 g/mol. The molecule has 0 saturated carbocycles. The van der Waals surface area contributed by atoms with Crippen molar-refractivity contribution in [3.8, 4) is 23.7 Å². The first kappa shape index (κ1) is 10.8. The Morgan fingerprint density at radius 1 is 1.38 bits per heavy atom. The molecule has 80 valence electrons. The van der Waals surface area contributed by atoms with E-state index in [4.69, 9.17) is 10.9 Å². The zero-order chi connectivity index (χ0) is 11.4. The highest BCUT2D eigenvalue weighted by Crippen LogP contribution is 2.21. The summed E-state index contributed by atoms with van der Waals surface area (Å²) in [6.45, 7) is 2.04. The Kier molecular flexibility index (Phi) is 3.28. The summed E-state index contributed by atoms with van der Waals surface area (Å²) in [5.41, 5.74) is 2.15. The van der Waals surface area contributed by atoms with Crippen molar-refractivity contribution in [1.82, 2.24) is 10.1 Å². The quantitative estimate of drug-likeness (QED) is 0.600. The maximum Gasteiger partial charge on any atom is 0.286 e. The lowest BCUT2D eigenvalue weighted by atomic mass is 10.1. The van der Waals surface area contributed by atoms with Crippen molar-refractivity contribution >= 4 is 11.8 Å². The van der Waals surface area contributed by atoms with Crippen molar-refractivity contribution in [2.24, 2.45) is 0 Å². The van der Waals surface area contributed by atoms with Crippen molar-refractivity contribution in [3.63, 3.8) is 0 Å². The van der Waals surface area contributed by atoms with E-state index in [1.807, 2.05) is 31.2 Å². The summed E-state index contributed by atoms with van der Waals surface area (Å²) in [5, 5.41) is 4.40. The molecule has 2 aromatic rings. The number of hydrogen-bond acceptors (Lipinski definition) is 4. The van der Waals surface area contributed by atoms with Crippen LogP contribution < -0.4 is 0 Å². The van der Waals surface area contributed by atoms with Crippen LogP contribution in [-0.4, -0.2) is 15.9 Å². The Hall–Kier alpha value is -1.73. The van der Waals surface area contributed by atoms with Gasteiger partial charge in [-0.25, -0.2) is 0 Å². The minimum absolute atomic E-state index is 0.508. The van der Waals surface area contributed by atoms with E-state index < -0.39 is 0 Å². The number of thioether (sulfide) groups is 1. The molecule has 0 N–H and O–H groups in total. The maximum atomic E-state index is 5.15. The van der Waals surface area contributed by atoms with Crippen molar-refractivity contribution < 1.29 is 4.52 Å². The Morgan fingerprint density at radius 3 is 2.81 bits per heavy atom. The topological polar surface area (TPSA) is 38.9 Å². The van der Waals surface area contributed by atoms with E-state index in [0.29, 0.717) is 16.8 Å². The van der Waals surface area contributed by atoms with Gasteiger partial charge in [0.05, 0.1) is 5.75 Å². The van der Waals surface area contributed by atoms with Gasteiger partial charge in [0.2, 0.25) is 5.82 Å². The number of terminal acetylenes is 1. The highest BCUT2D eigenvalue weighted by molar-refractivity contribution is 7.99. The number of aryl methyl sites for hydroxylation is 1. The second kappa shape index (κ2) is 4.86. The molecule has 0 saturated heterocycles. The van der Waals surface area contributed by atoms with Crippen LogP contribution in [0.15, 0.2) is 34.0 Å². The van der Waals surface area contributed by atoms with Gasteiger partial charge in [0.15, 0.2) is 0 Å². The molecule has 0 bridgehead atoms. The summed E-state index contributed by atoms with van der Waals surface area (Å²) in [5.74, 6) is 3.64. The van der Waals surface area contributed by atoms with Gasteiger partial charge in [-0.05, 0) is 6.92 Å². The molecule has 1 heterocycles. The lowest BCUT2D eigenvalue weighted by Gasteiger charge is -1.94. The van der Waals surface area contributed by atoms with Crippen LogP contribution in [0, 0.1) is 19.3 Å². The molecule has 0 amide bonds. The molecule has 1 aromatic heterocycles. The predicted molar refractivity (Wildman–Crippen MR) is 64.0 cm³/mol. The van der Waals surface area contributed by atoms with Gasteiger partial charge in [-0.2, -0.15) is 4.98 Å². The Balaban J connectivity index is 2.18. The predicted octanol–water partition coefficient (Wildman–Crippen LogP) is 2.77. The Bertz CT molecular complexity index is 511. The molecule has 4 heteroatoms. The van der Waals surface area contributed by atoms with E-state index in [2.05, 4.69) is 16.1 Å². The van der Waals surface area contributed by atoms with E-state index in [-0.39, 0.29) is 0 Å². The molecule has 0 unspecified atom stereocenters. The summed E-state index contributed by atoms with van der Waals surface area (Å²) < 4.78 is 5.06. The first-order valence-electron chi connectivity index (χ1n) is 4.76. The molecule has 0 spiro atoms. The van der Waals surface area contributed by atoms with Crippen LogP contribution in [-0.2, 0) is 0 Å². The second-order valence-corrected chi connectivity index (χ2v) is 4.17. The van der Waals surface area contributed by atoms with Gasteiger partial charge in [0, 0.05) is 5.56 Å². The summed E-state index contributed by atoms with van der Waals surface area (Å²) in [6.07, 6.45) is 5.15. The molecule has 2 rings (SSSR count). The number of benzene rings is 1. The smallest absolute Gasteiger partial charge is 0.286 e. The Labute approximate surface area is 98.3 Å². The van der Waals surface area contributed by atoms with Gasteiger partial charge in [-0.1, -0.05) is 52.7 Å². The van der Waals surface area contributed by atoms with Gasteiger partial charge in [-0.15, -0.1) is 6.42 Å².